The topological polar surface area (TPSA) is 15.3 Å². The van der Waals surface area contributed by atoms with E-state index in [1.165, 1.54) is 38.6 Å². The highest BCUT2D eigenvalue weighted by atomic mass is 15.2. The van der Waals surface area contributed by atoms with Gasteiger partial charge in [-0.3, -0.25) is 4.90 Å². The Balaban J connectivity index is 1.75. The van der Waals surface area contributed by atoms with E-state index < -0.39 is 0 Å². The third-order valence-corrected chi connectivity index (χ3v) is 5.26. The summed E-state index contributed by atoms with van der Waals surface area (Å²) >= 11 is 0. The fraction of sp³-hybridized carbons (Fsp3) is 1.00. The number of piperidine rings is 2. The van der Waals surface area contributed by atoms with Crippen molar-refractivity contribution in [3.8, 4) is 0 Å². The molecule has 1 atom stereocenters. The molecule has 2 aliphatic heterocycles. The van der Waals surface area contributed by atoms with Crippen LogP contribution in [0.25, 0.3) is 0 Å². The van der Waals surface area contributed by atoms with Gasteiger partial charge in [-0.25, -0.2) is 0 Å². The first-order valence-corrected chi connectivity index (χ1v) is 7.23. The molecule has 1 unspecified atom stereocenters. The Morgan fingerprint density at radius 2 is 1.62 bits per heavy atom. The van der Waals surface area contributed by atoms with E-state index in [0.29, 0.717) is 0 Å². The minimum atomic E-state index is 0.792. The van der Waals surface area contributed by atoms with E-state index in [4.69, 9.17) is 0 Å². The zero-order valence-electron chi connectivity index (χ0n) is 10.8. The number of hydrogen-bond donors (Lipinski definition) is 1. The molecular weight excluding hydrogens is 196 g/mol. The van der Waals surface area contributed by atoms with Crippen molar-refractivity contribution in [3.05, 3.63) is 0 Å². The maximum atomic E-state index is 3.39. The lowest BCUT2D eigenvalue weighted by atomic mass is 9.63. The molecule has 2 saturated carbocycles. The molecule has 2 aliphatic carbocycles. The second-order valence-electron chi connectivity index (χ2n) is 6.29. The molecule has 1 N–H and O–H groups in total. The van der Waals surface area contributed by atoms with Crippen molar-refractivity contribution in [2.75, 3.05) is 13.6 Å². The van der Waals surface area contributed by atoms with Crippen LogP contribution in [0.15, 0.2) is 0 Å². The van der Waals surface area contributed by atoms with Gasteiger partial charge in [0.15, 0.2) is 0 Å². The van der Waals surface area contributed by atoms with Gasteiger partial charge in [-0.1, -0.05) is 6.92 Å². The van der Waals surface area contributed by atoms with Crippen molar-refractivity contribution >= 4 is 0 Å². The Morgan fingerprint density at radius 3 is 2.06 bits per heavy atom. The Kier molecular flexibility index (Phi) is 2.97. The molecule has 2 nitrogen and oxygen atoms in total. The predicted octanol–water partition coefficient (Wildman–Crippen LogP) is 2.25. The maximum Gasteiger partial charge on any atom is 0.0223 e. The highest BCUT2D eigenvalue weighted by Gasteiger charge is 2.48. The summed E-state index contributed by atoms with van der Waals surface area (Å²) in [5.74, 6) is 2.18. The summed E-state index contributed by atoms with van der Waals surface area (Å²) in [5, 5.41) is 3.39. The molecule has 0 aromatic carbocycles. The van der Waals surface area contributed by atoms with E-state index >= 15 is 0 Å². The lowest BCUT2D eigenvalue weighted by molar-refractivity contribution is -0.0819. The van der Waals surface area contributed by atoms with Crippen LogP contribution >= 0.6 is 0 Å². The van der Waals surface area contributed by atoms with Crippen LogP contribution in [-0.2, 0) is 0 Å². The van der Waals surface area contributed by atoms with Crippen LogP contribution < -0.4 is 5.32 Å². The Labute approximate surface area is 99.8 Å². The average molecular weight is 222 g/mol. The van der Waals surface area contributed by atoms with Crippen LogP contribution in [0.5, 0.6) is 0 Å². The molecule has 2 heteroatoms. The van der Waals surface area contributed by atoms with Gasteiger partial charge >= 0.3 is 0 Å². The predicted molar refractivity (Wildman–Crippen MR) is 67.5 cm³/mol. The van der Waals surface area contributed by atoms with E-state index in [-0.39, 0.29) is 0 Å². The molecule has 92 valence electrons. The van der Waals surface area contributed by atoms with Crippen molar-refractivity contribution < 1.29 is 0 Å². The molecule has 0 aromatic rings. The highest BCUT2D eigenvalue weighted by molar-refractivity contribution is 5.02. The largest absolute Gasteiger partial charge is 0.318 e. The van der Waals surface area contributed by atoms with Gasteiger partial charge in [0.1, 0.15) is 0 Å². The van der Waals surface area contributed by atoms with Crippen LogP contribution in [-0.4, -0.2) is 36.6 Å². The molecule has 4 rings (SSSR count). The van der Waals surface area contributed by atoms with Crippen molar-refractivity contribution in [2.24, 2.45) is 11.8 Å². The normalized spacial score (nSPS) is 43.9. The fourth-order valence-corrected chi connectivity index (χ4v) is 4.86. The average Bonchev–Trinajstić information content (AvgIpc) is 2.26. The van der Waals surface area contributed by atoms with Gasteiger partial charge in [0.25, 0.3) is 0 Å². The molecule has 0 amide bonds. The second-order valence-corrected chi connectivity index (χ2v) is 6.29. The fourth-order valence-electron chi connectivity index (χ4n) is 4.86. The minimum absolute atomic E-state index is 0.792. The second kappa shape index (κ2) is 4.30. The van der Waals surface area contributed by atoms with E-state index in [1.54, 1.807) is 6.42 Å². The standard InChI is InChI=1S/C14H26N2/c1-3-12(9-15-2)16-13-5-10-4-11(7-13)8-14(16)6-10/h10-15H,3-9H2,1-2H3. The molecule has 0 spiro atoms. The van der Waals surface area contributed by atoms with Crippen molar-refractivity contribution in [1.29, 1.82) is 0 Å². The van der Waals surface area contributed by atoms with Crippen LogP contribution in [0.3, 0.4) is 0 Å². The third-order valence-electron chi connectivity index (χ3n) is 5.26. The summed E-state index contributed by atoms with van der Waals surface area (Å²) in [6, 6.07) is 2.67. The zero-order valence-corrected chi connectivity index (χ0v) is 10.8. The molecule has 4 aliphatic rings. The third kappa shape index (κ3) is 1.70. The van der Waals surface area contributed by atoms with Crippen molar-refractivity contribution in [1.82, 2.24) is 10.2 Å². The van der Waals surface area contributed by atoms with Crippen molar-refractivity contribution in [2.45, 2.75) is 63.6 Å². The summed E-state index contributed by atoms with van der Waals surface area (Å²) in [4.78, 5) is 2.91. The molecule has 2 saturated heterocycles. The van der Waals surface area contributed by atoms with Gasteiger partial charge < -0.3 is 5.32 Å². The summed E-state index contributed by atoms with van der Waals surface area (Å²) in [7, 11) is 2.10. The van der Waals surface area contributed by atoms with E-state index in [0.717, 1.165) is 30.0 Å². The van der Waals surface area contributed by atoms with Gasteiger partial charge in [0.05, 0.1) is 0 Å². The van der Waals surface area contributed by atoms with Gasteiger partial charge in [0.2, 0.25) is 0 Å². The quantitative estimate of drug-likeness (QED) is 0.785. The lowest BCUT2D eigenvalue weighted by Crippen LogP contribution is -2.62. The minimum Gasteiger partial charge on any atom is -0.318 e. The van der Waals surface area contributed by atoms with Gasteiger partial charge in [-0.2, -0.15) is 0 Å². The number of hydrogen-bond acceptors (Lipinski definition) is 2. The zero-order chi connectivity index (χ0) is 11.1. The summed E-state index contributed by atoms with van der Waals surface area (Å²) in [5.41, 5.74) is 0. The van der Waals surface area contributed by atoms with Crippen LogP contribution in [0.4, 0.5) is 0 Å². The molecule has 4 bridgehead atoms. The van der Waals surface area contributed by atoms with Crippen LogP contribution in [0.2, 0.25) is 0 Å². The summed E-state index contributed by atoms with van der Waals surface area (Å²) in [6.07, 6.45) is 8.90. The van der Waals surface area contributed by atoms with Crippen molar-refractivity contribution in [3.63, 3.8) is 0 Å². The number of nitrogens with zero attached hydrogens (tertiary/aromatic N) is 1. The Morgan fingerprint density at radius 1 is 1.06 bits per heavy atom. The lowest BCUT2D eigenvalue weighted by Gasteiger charge is -2.58. The first-order valence-electron chi connectivity index (χ1n) is 7.23. The monoisotopic (exact) mass is 222 g/mol. The summed E-state index contributed by atoms with van der Waals surface area (Å²) in [6.45, 7) is 3.53. The van der Waals surface area contributed by atoms with E-state index in [2.05, 4.69) is 24.2 Å². The van der Waals surface area contributed by atoms with E-state index in [9.17, 15) is 0 Å². The Bertz CT molecular complexity index is 220. The Hall–Kier alpha value is -0.0800. The van der Waals surface area contributed by atoms with Gasteiger partial charge in [-0.15, -0.1) is 0 Å². The number of rotatable bonds is 4. The van der Waals surface area contributed by atoms with E-state index in [1.807, 2.05) is 0 Å². The van der Waals surface area contributed by atoms with Gasteiger partial charge in [0, 0.05) is 24.7 Å². The highest BCUT2D eigenvalue weighted by Crippen LogP contribution is 2.49. The smallest absolute Gasteiger partial charge is 0.0223 e. The molecule has 16 heavy (non-hydrogen) atoms. The molecule has 0 aromatic heterocycles. The number of likely N-dealkylation sites (N-methyl/N-ethyl adjacent to an activating group) is 1. The molecule has 0 radical (unpaired) electrons. The van der Waals surface area contributed by atoms with Gasteiger partial charge in [-0.05, 0) is 57.4 Å². The van der Waals surface area contributed by atoms with Crippen LogP contribution in [0.1, 0.15) is 45.4 Å². The van der Waals surface area contributed by atoms with Crippen LogP contribution in [0, 0.1) is 11.8 Å². The summed E-state index contributed by atoms with van der Waals surface area (Å²) < 4.78 is 0. The first kappa shape index (κ1) is 11.0. The molecule has 2 heterocycles. The molecule has 4 fully saturated rings. The SMILES string of the molecule is CCC(CNC)N1C2CC3CC(C2)CC1C3. The molecular formula is C14H26N2. The first-order chi connectivity index (χ1) is 7.81. The number of nitrogens with one attached hydrogen (secondary N) is 1. The maximum absolute atomic E-state index is 3.39.